The summed E-state index contributed by atoms with van der Waals surface area (Å²) >= 11 is 8.62. The number of nitrogens with two attached hydrogens (primary N) is 1. The molecule has 5 heteroatoms. The monoisotopic (exact) mass is 328 g/mol. The van der Waals surface area contributed by atoms with Crippen molar-refractivity contribution in [2.45, 2.75) is 25.3 Å². The molecule has 1 aromatic rings. The Hall–Kier alpha value is -0.650. The first-order chi connectivity index (χ1) is 8.52. The Morgan fingerprint density at radius 1 is 1.44 bits per heavy atom. The van der Waals surface area contributed by atoms with Crippen LogP contribution in [0.15, 0.2) is 22.7 Å². The van der Waals surface area contributed by atoms with Gasteiger partial charge in [-0.3, -0.25) is 0 Å². The summed E-state index contributed by atoms with van der Waals surface area (Å²) in [6.45, 7) is 3.79. The molecule has 0 aromatic heterocycles. The van der Waals surface area contributed by atoms with Crippen LogP contribution in [0.4, 0.5) is 5.69 Å². The van der Waals surface area contributed by atoms with Crippen LogP contribution in [0.25, 0.3) is 0 Å². The van der Waals surface area contributed by atoms with Gasteiger partial charge in [0.25, 0.3) is 0 Å². The van der Waals surface area contributed by atoms with Crippen LogP contribution >= 0.6 is 28.1 Å². The van der Waals surface area contributed by atoms with E-state index in [0.29, 0.717) is 4.99 Å². The van der Waals surface area contributed by atoms with E-state index < -0.39 is 0 Å². The third-order valence-electron chi connectivity index (χ3n) is 3.29. The maximum Gasteiger partial charge on any atom is 0.107 e. The molecule has 98 valence electrons. The van der Waals surface area contributed by atoms with Crippen molar-refractivity contribution in [1.82, 2.24) is 0 Å². The lowest BCUT2D eigenvalue weighted by molar-refractivity contribution is 0.0658. The van der Waals surface area contributed by atoms with Gasteiger partial charge >= 0.3 is 0 Å². The Morgan fingerprint density at radius 3 is 2.72 bits per heavy atom. The number of benzene rings is 1. The Balaban J connectivity index is 2.28. The Bertz CT molecular complexity index is 458. The summed E-state index contributed by atoms with van der Waals surface area (Å²) in [6, 6.07) is 5.95. The minimum Gasteiger partial charge on any atom is -0.389 e. The molecule has 0 saturated carbocycles. The summed E-state index contributed by atoms with van der Waals surface area (Å²) < 4.78 is 6.33. The number of hydrogen-bond donors (Lipinski definition) is 2. The van der Waals surface area contributed by atoms with Gasteiger partial charge in [0.15, 0.2) is 0 Å². The minimum atomic E-state index is 0.0403. The first-order valence-corrected chi connectivity index (χ1v) is 7.16. The van der Waals surface area contributed by atoms with Crippen LogP contribution in [0.2, 0.25) is 0 Å². The van der Waals surface area contributed by atoms with E-state index in [-0.39, 0.29) is 5.54 Å². The van der Waals surface area contributed by atoms with Gasteiger partial charge in [-0.05, 0) is 47.8 Å². The van der Waals surface area contributed by atoms with Crippen LogP contribution in [0, 0.1) is 0 Å². The molecule has 1 aromatic carbocycles. The summed E-state index contributed by atoms with van der Waals surface area (Å²) in [4.78, 5) is 0.403. The zero-order valence-electron chi connectivity index (χ0n) is 10.3. The largest absolute Gasteiger partial charge is 0.389 e. The van der Waals surface area contributed by atoms with Crippen LogP contribution in [0.3, 0.4) is 0 Å². The maximum absolute atomic E-state index is 5.80. The van der Waals surface area contributed by atoms with Gasteiger partial charge in [0, 0.05) is 34.5 Å². The average molecular weight is 329 g/mol. The average Bonchev–Trinajstić information content (AvgIpc) is 2.28. The van der Waals surface area contributed by atoms with Gasteiger partial charge in [0.1, 0.15) is 4.99 Å². The standard InChI is InChI=1S/C13H17BrN2OS/c1-13(5-7-17-8-6-13)16-10-4-2-3-9(14)11(10)12(15)18/h2-4,16H,5-8H2,1H3,(H2,15,18). The Kier molecular flexibility index (Phi) is 4.25. The number of nitrogens with one attached hydrogen (secondary N) is 1. The third-order valence-corrected chi connectivity index (χ3v) is 4.16. The van der Waals surface area contributed by atoms with Crippen molar-refractivity contribution < 1.29 is 4.74 Å². The molecular weight excluding hydrogens is 312 g/mol. The molecule has 1 saturated heterocycles. The van der Waals surface area contributed by atoms with Gasteiger partial charge in [-0.15, -0.1) is 0 Å². The van der Waals surface area contributed by atoms with Gasteiger partial charge in [-0.25, -0.2) is 0 Å². The molecule has 0 aliphatic carbocycles. The molecule has 0 amide bonds. The van der Waals surface area contributed by atoms with E-state index in [0.717, 1.165) is 41.8 Å². The van der Waals surface area contributed by atoms with E-state index in [1.807, 2.05) is 18.2 Å². The SMILES string of the molecule is CC1(Nc2cccc(Br)c2C(N)=S)CCOCC1. The number of rotatable bonds is 3. The molecule has 0 bridgehead atoms. The van der Waals surface area contributed by atoms with Crippen LogP contribution in [-0.4, -0.2) is 23.7 Å². The highest BCUT2D eigenvalue weighted by Gasteiger charge is 2.28. The molecule has 18 heavy (non-hydrogen) atoms. The summed E-state index contributed by atoms with van der Waals surface area (Å²) in [6.07, 6.45) is 1.96. The van der Waals surface area contributed by atoms with Crippen molar-refractivity contribution in [3.05, 3.63) is 28.2 Å². The second kappa shape index (κ2) is 5.55. The van der Waals surface area contributed by atoms with E-state index >= 15 is 0 Å². The third kappa shape index (κ3) is 3.02. The van der Waals surface area contributed by atoms with Gasteiger partial charge in [-0.1, -0.05) is 18.3 Å². The highest BCUT2D eigenvalue weighted by Crippen LogP contribution is 2.30. The fraction of sp³-hybridized carbons (Fsp3) is 0.462. The Labute approximate surface area is 121 Å². The lowest BCUT2D eigenvalue weighted by Crippen LogP contribution is -2.41. The second-order valence-electron chi connectivity index (χ2n) is 4.82. The fourth-order valence-electron chi connectivity index (χ4n) is 2.15. The molecule has 3 N–H and O–H groups in total. The lowest BCUT2D eigenvalue weighted by atomic mass is 9.91. The van der Waals surface area contributed by atoms with E-state index in [4.69, 9.17) is 22.7 Å². The van der Waals surface area contributed by atoms with Crippen LogP contribution in [-0.2, 0) is 4.74 Å². The maximum atomic E-state index is 5.80. The topological polar surface area (TPSA) is 47.3 Å². The number of anilines is 1. The molecule has 0 radical (unpaired) electrons. The molecule has 0 atom stereocenters. The Morgan fingerprint density at radius 2 is 2.11 bits per heavy atom. The molecule has 0 unspecified atom stereocenters. The van der Waals surface area contributed by atoms with Crippen molar-refractivity contribution in [3.8, 4) is 0 Å². The lowest BCUT2D eigenvalue weighted by Gasteiger charge is -2.36. The summed E-state index contributed by atoms with van der Waals surface area (Å²) in [5.41, 5.74) is 7.70. The van der Waals surface area contributed by atoms with Gasteiger partial charge in [0.2, 0.25) is 0 Å². The van der Waals surface area contributed by atoms with Gasteiger partial charge in [0.05, 0.1) is 0 Å². The molecule has 1 fully saturated rings. The smallest absolute Gasteiger partial charge is 0.107 e. The van der Waals surface area contributed by atoms with Crippen molar-refractivity contribution in [2.24, 2.45) is 5.73 Å². The summed E-state index contributed by atoms with van der Waals surface area (Å²) in [7, 11) is 0. The van der Waals surface area contributed by atoms with Crippen LogP contribution in [0.1, 0.15) is 25.3 Å². The molecule has 3 nitrogen and oxygen atoms in total. The second-order valence-corrected chi connectivity index (χ2v) is 6.12. The molecule has 1 aliphatic rings. The number of ether oxygens (including phenoxy) is 1. The van der Waals surface area contributed by atoms with E-state index in [1.54, 1.807) is 0 Å². The highest BCUT2D eigenvalue weighted by molar-refractivity contribution is 9.10. The van der Waals surface area contributed by atoms with E-state index in [2.05, 4.69) is 28.2 Å². The zero-order valence-corrected chi connectivity index (χ0v) is 12.7. The minimum absolute atomic E-state index is 0.0403. The van der Waals surface area contributed by atoms with Crippen molar-refractivity contribution in [1.29, 1.82) is 0 Å². The number of thiocarbonyl (C=S) groups is 1. The van der Waals surface area contributed by atoms with E-state index in [9.17, 15) is 0 Å². The molecule has 0 spiro atoms. The van der Waals surface area contributed by atoms with Gasteiger partial charge in [-0.2, -0.15) is 0 Å². The van der Waals surface area contributed by atoms with Crippen molar-refractivity contribution >= 4 is 38.8 Å². The summed E-state index contributed by atoms with van der Waals surface area (Å²) in [5.74, 6) is 0. The highest BCUT2D eigenvalue weighted by atomic mass is 79.9. The molecule has 2 rings (SSSR count). The normalized spacial score (nSPS) is 18.3. The predicted octanol–water partition coefficient (Wildman–Crippen LogP) is 3.06. The number of hydrogen-bond acceptors (Lipinski definition) is 3. The van der Waals surface area contributed by atoms with Crippen LogP contribution < -0.4 is 11.1 Å². The van der Waals surface area contributed by atoms with Gasteiger partial charge < -0.3 is 15.8 Å². The fourth-order valence-corrected chi connectivity index (χ4v) is 3.08. The summed E-state index contributed by atoms with van der Waals surface area (Å²) in [5, 5.41) is 3.57. The van der Waals surface area contributed by atoms with Crippen molar-refractivity contribution in [2.75, 3.05) is 18.5 Å². The van der Waals surface area contributed by atoms with Crippen molar-refractivity contribution in [3.63, 3.8) is 0 Å². The first kappa shape index (κ1) is 13.8. The number of halogens is 1. The molecular formula is C13H17BrN2OS. The molecule has 1 aliphatic heterocycles. The first-order valence-electron chi connectivity index (χ1n) is 5.96. The molecule has 1 heterocycles. The quantitative estimate of drug-likeness (QED) is 0.837. The predicted molar refractivity (Wildman–Crippen MR) is 82.1 cm³/mol. The zero-order chi connectivity index (χ0) is 13.2. The van der Waals surface area contributed by atoms with Crippen LogP contribution in [0.5, 0.6) is 0 Å². The van der Waals surface area contributed by atoms with E-state index in [1.165, 1.54) is 0 Å².